The summed E-state index contributed by atoms with van der Waals surface area (Å²) in [6.07, 6.45) is 9.63. The first kappa shape index (κ1) is 13.2. The van der Waals surface area contributed by atoms with Crippen molar-refractivity contribution in [2.45, 2.75) is 46.0 Å². The van der Waals surface area contributed by atoms with Gasteiger partial charge in [-0.25, -0.2) is 0 Å². The smallest absolute Gasteiger partial charge is 0.0442 e. The Morgan fingerprint density at radius 3 is 2.50 bits per heavy atom. The van der Waals surface area contributed by atoms with E-state index in [0.717, 1.165) is 12.8 Å². The van der Waals surface area contributed by atoms with Gasteiger partial charge < -0.3 is 4.90 Å². The summed E-state index contributed by atoms with van der Waals surface area (Å²) in [7, 11) is 0. The Bertz CT molecular complexity index is 400. The Balaban J connectivity index is 2.32. The maximum absolute atomic E-state index is 3.52. The van der Waals surface area contributed by atoms with Crippen LogP contribution in [0.25, 0.3) is 5.57 Å². The molecule has 0 atom stereocenters. The Labute approximate surface area is 112 Å². The van der Waals surface area contributed by atoms with Gasteiger partial charge in [0.1, 0.15) is 0 Å². The Morgan fingerprint density at radius 2 is 1.83 bits per heavy atom. The first-order valence-electron chi connectivity index (χ1n) is 7.30. The number of hydrogen-bond acceptors (Lipinski definition) is 1. The minimum atomic E-state index is 0.998. The molecule has 1 saturated heterocycles. The summed E-state index contributed by atoms with van der Waals surface area (Å²) in [6.45, 7) is 6.81. The molecule has 2 rings (SSSR count). The van der Waals surface area contributed by atoms with Crippen molar-refractivity contribution in [2.75, 3.05) is 18.0 Å². The van der Waals surface area contributed by atoms with Gasteiger partial charge in [0.05, 0.1) is 0 Å². The van der Waals surface area contributed by atoms with Crippen molar-refractivity contribution < 1.29 is 0 Å². The van der Waals surface area contributed by atoms with Gasteiger partial charge in [0.2, 0.25) is 0 Å². The summed E-state index contributed by atoms with van der Waals surface area (Å²) < 4.78 is 0. The molecule has 0 N–H and O–H groups in total. The van der Waals surface area contributed by atoms with E-state index in [9.17, 15) is 0 Å². The predicted molar refractivity (Wildman–Crippen MR) is 79.7 cm³/mol. The van der Waals surface area contributed by atoms with Gasteiger partial charge in [0.25, 0.3) is 0 Å². The van der Waals surface area contributed by atoms with Gasteiger partial charge >= 0.3 is 0 Å². The third-order valence-corrected chi connectivity index (χ3v) is 3.67. The number of allylic oxidation sites excluding steroid dienone is 2. The first-order chi connectivity index (χ1) is 8.86. The van der Waals surface area contributed by atoms with Crippen LogP contribution >= 0.6 is 0 Å². The molecule has 97 valence electrons. The van der Waals surface area contributed by atoms with Crippen molar-refractivity contribution in [3.63, 3.8) is 0 Å². The molecule has 18 heavy (non-hydrogen) atoms. The maximum Gasteiger partial charge on any atom is 0.0442 e. The van der Waals surface area contributed by atoms with Crippen LogP contribution in [0.3, 0.4) is 0 Å². The lowest BCUT2D eigenvalue weighted by Crippen LogP contribution is -2.30. The molecule has 0 spiro atoms. The molecule has 0 bridgehead atoms. The van der Waals surface area contributed by atoms with Gasteiger partial charge in [0.15, 0.2) is 0 Å². The fourth-order valence-electron chi connectivity index (χ4n) is 2.76. The highest BCUT2D eigenvalue weighted by Gasteiger charge is 2.15. The Hall–Kier alpha value is -1.24. The molecule has 1 aromatic carbocycles. The average molecular weight is 242 g/mol. The fourth-order valence-corrected chi connectivity index (χ4v) is 2.76. The van der Waals surface area contributed by atoms with E-state index in [-0.39, 0.29) is 0 Å². The largest absolute Gasteiger partial charge is 0.371 e. The van der Waals surface area contributed by atoms with Gasteiger partial charge in [-0.3, -0.25) is 0 Å². The number of nitrogens with zero attached hydrogens (tertiary/aromatic N) is 1. The van der Waals surface area contributed by atoms with Crippen LogP contribution in [0.4, 0.5) is 5.69 Å². The van der Waals surface area contributed by atoms with Crippen molar-refractivity contribution in [3.8, 4) is 0 Å². The zero-order valence-corrected chi connectivity index (χ0v) is 11.7. The highest BCUT2D eigenvalue weighted by Crippen LogP contribution is 2.30. The third-order valence-electron chi connectivity index (χ3n) is 3.67. The van der Waals surface area contributed by atoms with Gasteiger partial charge in [-0.15, -0.1) is 0 Å². The SMILES string of the molecule is CC[C]=C(CC)c1ccccc1N1CCCCC1. The van der Waals surface area contributed by atoms with E-state index in [4.69, 9.17) is 0 Å². The summed E-state index contributed by atoms with van der Waals surface area (Å²) >= 11 is 0. The monoisotopic (exact) mass is 242 g/mol. The van der Waals surface area contributed by atoms with Crippen LogP contribution < -0.4 is 4.90 Å². The molecule has 1 fully saturated rings. The second-order valence-electron chi connectivity index (χ2n) is 4.93. The molecule has 0 amide bonds. The first-order valence-corrected chi connectivity index (χ1v) is 7.30. The van der Waals surface area contributed by atoms with E-state index in [1.807, 2.05) is 0 Å². The normalized spacial score (nSPS) is 17.0. The molecule has 1 aliphatic rings. The summed E-state index contributed by atoms with van der Waals surface area (Å²) in [5.74, 6) is 0. The van der Waals surface area contributed by atoms with Crippen LogP contribution in [0.1, 0.15) is 51.5 Å². The van der Waals surface area contributed by atoms with Crippen LogP contribution in [-0.2, 0) is 0 Å². The van der Waals surface area contributed by atoms with Gasteiger partial charge in [0, 0.05) is 24.3 Å². The summed E-state index contributed by atoms with van der Waals surface area (Å²) in [5.41, 5.74) is 4.18. The van der Waals surface area contributed by atoms with Crippen molar-refractivity contribution in [2.24, 2.45) is 0 Å². The molecule has 0 aromatic heterocycles. The molecule has 1 heterocycles. The topological polar surface area (TPSA) is 3.24 Å². The van der Waals surface area contributed by atoms with Crippen LogP contribution in [0.5, 0.6) is 0 Å². The van der Waals surface area contributed by atoms with E-state index in [0.29, 0.717) is 0 Å². The highest BCUT2D eigenvalue weighted by molar-refractivity contribution is 5.75. The molecule has 0 saturated carbocycles. The minimum Gasteiger partial charge on any atom is -0.371 e. The van der Waals surface area contributed by atoms with Crippen molar-refractivity contribution in [3.05, 3.63) is 35.9 Å². The van der Waals surface area contributed by atoms with Crippen molar-refractivity contribution in [1.29, 1.82) is 0 Å². The second kappa shape index (κ2) is 6.63. The van der Waals surface area contributed by atoms with Crippen molar-refractivity contribution >= 4 is 11.3 Å². The number of piperidine rings is 1. The molecule has 1 nitrogen and oxygen atoms in total. The number of rotatable bonds is 4. The number of anilines is 1. The highest BCUT2D eigenvalue weighted by atomic mass is 15.1. The van der Waals surface area contributed by atoms with Gasteiger partial charge in [-0.2, -0.15) is 0 Å². The molecule has 1 heteroatoms. The van der Waals surface area contributed by atoms with Gasteiger partial charge in [-0.05, 0) is 49.8 Å². The van der Waals surface area contributed by atoms with E-state index in [1.165, 1.54) is 49.2 Å². The van der Waals surface area contributed by atoms with Crippen LogP contribution in [0.15, 0.2) is 24.3 Å². The zero-order chi connectivity index (χ0) is 12.8. The molecule has 1 radical (unpaired) electrons. The molecule has 0 aliphatic carbocycles. The lowest BCUT2D eigenvalue weighted by Gasteiger charge is -2.31. The van der Waals surface area contributed by atoms with Crippen LogP contribution in [0.2, 0.25) is 0 Å². The molecule has 1 aliphatic heterocycles. The van der Waals surface area contributed by atoms with E-state index in [2.05, 4.69) is 49.1 Å². The quantitative estimate of drug-likeness (QED) is 0.740. The molecule has 1 aromatic rings. The predicted octanol–water partition coefficient (Wildman–Crippen LogP) is 4.68. The standard InChI is InChI=1S/C17H24N/c1-3-10-15(4-2)16-11-6-7-12-17(16)18-13-8-5-9-14-18/h6-7,11-12H,3-5,8-9,13-14H2,1-2H3. The van der Waals surface area contributed by atoms with E-state index in [1.54, 1.807) is 0 Å². The lowest BCUT2D eigenvalue weighted by molar-refractivity contribution is 0.577. The lowest BCUT2D eigenvalue weighted by atomic mass is 9.98. The van der Waals surface area contributed by atoms with E-state index < -0.39 is 0 Å². The summed E-state index contributed by atoms with van der Waals surface area (Å²) in [6, 6.07) is 8.83. The Kier molecular flexibility index (Phi) is 4.86. The number of hydrogen-bond donors (Lipinski definition) is 0. The number of benzene rings is 1. The molecular formula is C17H24N. The molecular weight excluding hydrogens is 218 g/mol. The molecule has 0 unspecified atom stereocenters. The summed E-state index contributed by atoms with van der Waals surface area (Å²) in [4.78, 5) is 2.55. The average Bonchev–Trinajstić information content (AvgIpc) is 2.46. The maximum atomic E-state index is 3.52. The van der Waals surface area contributed by atoms with Gasteiger partial charge in [-0.1, -0.05) is 32.0 Å². The van der Waals surface area contributed by atoms with Crippen LogP contribution in [-0.4, -0.2) is 13.1 Å². The van der Waals surface area contributed by atoms with Crippen LogP contribution in [0, 0.1) is 6.08 Å². The summed E-state index contributed by atoms with van der Waals surface area (Å²) in [5, 5.41) is 0. The Morgan fingerprint density at radius 1 is 1.11 bits per heavy atom. The minimum absolute atomic E-state index is 0.998. The second-order valence-corrected chi connectivity index (χ2v) is 4.93. The zero-order valence-electron chi connectivity index (χ0n) is 11.7. The third kappa shape index (κ3) is 2.95. The fraction of sp³-hybridized carbons (Fsp3) is 0.529. The van der Waals surface area contributed by atoms with E-state index >= 15 is 0 Å². The van der Waals surface area contributed by atoms with Crippen molar-refractivity contribution in [1.82, 2.24) is 0 Å². The number of para-hydroxylation sites is 1.